The van der Waals surface area contributed by atoms with Gasteiger partial charge in [0.1, 0.15) is 5.75 Å². The third-order valence-corrected chi connectivity index (χ3v) is 4.41. The molecule has 8 nitrogen and oxygen atoms in total. The number of nitrogens with one attached hydrogen (secondary N) is 3. The van der Waals surface area contributed by atoms with Gasteiger partial charge in [-0.1, -0.05) is 0 Å². The molecule has 1 rings (SSSR count). The Kier molecular flexibility index (Phi) is 6.52. The van der Waals surface area contributed by atoms with Gasteiger partial charge in [0.05, 0.1) is 23.7 Å². The number of carbonyl (C=O) groups is 2. The molecule has 0 aliphatic heterocycles. The van der Waals surface area contributed by atoms with Crippen LogP contribution in [0.25, 0.3) is 0 Å². The van der Waals surface area contributed by atoms with Crippen LogP contribution in [0.5, 0.6) is 5.75 Å². The lowest BCUT2D eigenvalue weighted by molar-refractivity contribution is -0.122. The maximum atomic E-state index is 12.3. The first kappa shape index (κ1) is 18.9. The van der Waals surface area contributed by atoms with Gasteiger partial charge >= 0.3 is 0 Å². The SMILES string of the molecule is CCNC(=O)[C@H](C)NS(=O)(=O)c1ccc(NC(C)=O)c(OC)c1. The Labute approximate surface area is 135 Å². The minimum absolute atomic E-state index is 0.0698. The summed E-state index contributed by atoms with van der Waals surface area (Å²) in [5, 5.41) is 5.07. The van der Waals surface area contributed by atoms with Gasteiger partial charge in [-0.2, -0.15) is 4.72 Å². The van der Waals surface area contributed by atoms with Crippen molar-refractivity contribution in [2.45, 2.75) is 31.7 Å². The van der Waals surface area contributed by atoms with E-state index in [9.17, 15) is 18.0 Å². The van der Waals surface area contributed by atoms with Gasteiger partial charge < -0.3 is 15.4 Å². The molecule has 0 unspecified atom stereocenters. The van der Waals surface area contributed by atoms with Crippen LogP contribution in [-0.2, 0) is 19.6 Å². The van der Waals surface area contributed by atoms with Crippen LogP contribution in [0.4, 0.5) is 5.69 Å². The van der Waals surface area contributed by atoms with Gasteiger partial charge in [0.15, 0.2) is 0 Å². The molecule has 0 radical (unpaired) electrons. The standard InChI is InChI=1S/C14H21N3O5S/c1-5-15-14(19)9(2)17-23(20,21)11-6-7-12(16-10(3)18)13(8-11)22-4/h6-9,17H,5H2,1-4H3,(H,15,19)(H,16,18)/t9-/m0/s1. The van der Waals surface area contributed by atoms with Crippen molar-refractivity contribution in [2.75, 3.05) is 19.0 Å². The second-order valence-electron chi connectivity index (χ2n) is 4.78. The summed E-state index contributed by atoms with van der Waals surface area (Å²) in [6, 6.07) is 3.10. The predicted octanol–water partition coefficient (Wildman–Crippen LogP) is 0.457. The van der Waals surface area contributed by atoms with Crippen LogP contribution >= 0.6 is 0 Å². The zero-order valence-corrected chi connectivity index (χ0v) is 14.3. The van der Waals surface area contributed by atoms with Crippen LogP contribution in [0, 0.1) is 0 Å². The Hall–Kier alpha value is -2.13. The van der Waals surface area contributed by atoms with E-state index in [1.54, 1.807) is 6.92 Å². The van der Waals surface area contributed by atoms with Gasteiger partial charge in [-0.25, -0.2) is 8.42 Å². The van der Waals surface area contributed by atoms with Crippen molar-refractivity contribution < 1.29 is 22.7 Å². The second-order valence-corrected chi connectivity index (χ2v) is 6.49. The molecule has 0 heterocycles. The molecule has 0 aliphatic rings. The average molecular weight is 343 g/mol. The molecule has 0 saturated carbocycles. The number of anilines is 1. The van der Waals surface area contributed by atoms with Gasteiger partial charge in [-0.05, 0) is 26.0 Å². The van der Waals surface area contributed by atoms with Crippen LogP contribution in [0.2, 0.25) is 0 Å². The third kappa shape index (κ3) is 5.22. The van der Waals surface area contributed by atoms with E-state index in [0.29, 0.717) is 12.2 Å². The Morgan fingerprint density at radius 3 is 2.48 bits per heavy atom. The second kappa shape index (κ2) is 7.93. The Morgan fingerprint density at radius 1 is 1.30 bits per heavy atom. The zero-order valence-electron chi connectivity index (χ0n) is 13.5. The highest BCUT2D eigenvalue weighted by atomic mass is 32.2. The average Bonchev–Trinajstić information content (AvgIpc) is 2.46. The van der Waals surface area contributed by atoms with Crippen molar-refractivity contribution in [3.8, 4) is 5.75 Å². The number of amides is 2. The lowest BCUT2D eigenvalue weighted by Gasteiger charge is -2.15. The van der Waals surface area contributed by atoms with E-state index >= 15 is 0 Å². The molecule has 2 amide bonds. The summed E-state index contributed by atoms with van der Waals surface area (Å²) in [5.74, 6) is -0.520. The van der Waals surface area contributed by atoms with Gasteiger partial charge in [-0.3, -0.25) is 9.59 Å². The number of methoxy groups -OCH3 is 1. The van der Waals surface area contributed by atoms with Crippen molar-refractivity contribution in [3.63, 3.8) is 0 Å². The summed E-state index contributed by atoms with van der Waals surface area (Å²) in [5.41, 5.74) is 0.357. The molecule has 0 bridgehead atoms. The van der Waals surface area contributed by atoms with E-state index in [2.05, 4.69) is 15.4 Å². The molecule has 0 spiro atoms. The van der Waals surface area contributed by atoms with Gasteiger partial charge in [-0.15, -0.1) is 0 Å². The summed E-state index contributed by atoms with van der Waals surface area (Å²) < 4.78 is 32.0. The van der Waals surface area contributed by atoms with Gasteiger partial charge in [0, 0.05) is 19.5 Å². The molecular formula is C14H21N3O5S. The number of carbonyl (C=O) groups excluding carboxylic acids is 2. The highest BCUT2D eigenvalue weighted by Crippen LogP contribution is 2.27. The topological polar surface area (TPSA) is 114 Å². The van der Waals surface area contributed by atoms with Crippen LogP contribution in [0.15, 0.2) is 23.1 Å². The third-order valence-electron chi connectivity index (χ3n) is 2.87. The summed E-state index contributed by atoms with van der Waals surface area (Å²) in [6.07, 6.45) is 0. The summed E-state index contributed by atoms with van der Waals surface area (Å²) in [6.45, 7) is 4.93. The molecule has 0 fully saturated rings. The first-order valence-electron chi connectivity index (χ1n) is 6.97. The smallest absolute Gasteiger partial charge is 0.241 e. The number of ether oxygens (including phenoxy) is 1. The highest BCUT2D eigenvalue weighted by Gasteiger charge is 2.22. The van der Waals surface area contributed by atoms with E-state index < -0.39 is 22.0 Å². The summed E-state index contributed by atoms with van der Waals surface area (Å²) in [7, 11) is -2.54. The fourth-order valence-corrected chi connectivity index (χ4v) is 3.03. The minimum atomic E-state index is -3.90. The minimum Gasteiger partial charge on any atom is -0.495 e. The maximum absolute atomic E-state index is 12.3. The molecule has 128 valence electrons. The normalized spacial score (nSPS) is 12.3. The first-order chi connectivity index (χ1) is 10.7. The van der Waals surface area contributed by atoms with Gasteiger partial charge in [0.2, 0.25) is 21.8 Å². The molecular weight excluding hydrogens is 322 g/mol. The Bertz CT molecular complexity index is 688. The molecule has 9 heteroatoms. The quantitative estimate of drug-likeness (QED) is 0.665. The molecule has 0 aromatic heterocycles. The van der Waals surface area contributed by atoms with Crippen molar-refractivity contribution >= 4 is 27.5 Å². The van der Waals surface area contributed by atoms with Crippen molar-refractivity contribution in [1.29, 1.82) is 0 Å². The van der Waals surface area contributed by atoms with Crippen LogP contribution in [-0.4, -0.2) is 39.9 Å². The predicted molar refractivity (Wildman–Crippen MR) is 85.8 cm³/mol. The van der Waals surface area contributed by atoms with E-state index in [0.717, 1.165) is 0 Å². The maximum Gasteiger partial charge on any atom is 0.241 e. The monoisotopic (exact) mass is 343 g/mol. The van der Waals surface area contributed by atoms with E-state index in [1.807, 2.05) is 0 Å². The molecule has 0 saturated heterocycles. The van der Waals surface area contributed by atoms with Gasteiger partial charge in [0.25, 0.3) is 0 Å². The van der Waals surface area contributed by atoms with Crippen molar-refractivity contribution in [3.05, 3.63) is 18.2 Å². The van der Waals surface area contributed by atoms with Crippen molar-refractivity contribution in [2.24, 2.45) is 0 Å². The first-order valence-corrected chi connectivity index (χ1v) is 8.45. The summed E-state index contributed by atoms with van der Waals surface area (Å²) >= 11 is 0. The van der Waals surface area contributed by atoms with E-state index in [-0.39, 0.29) is 16.6 Å². The largest absolute Gasteiger partial charge is 0.495 e. The fraction of sp³-hybridized carbons (Fsp3) is 0.429. The molecule has 1 aromatic rings. The zero-order chi connectivity index (χ0) is 17.6. The van der Waals surface area contributed by atoms with Crippen molar-refractivity contribution in [1.82, 2.24) is 10.0 Å². The Morgan fingerprint density at radius 2 is 1.96 bits per heavy atom. The number of sulfonamides is 1. The molecule has 0 aliphatic carbocycles. The number of rotatable bonds is 7. The molecule has 1 atom stereocenters. The number of hydrogen-bond donors (Lipinski definition) is 3. The lowest BCUT2D eigenvalue weighted by Crippen LogP contribution is -2.44. The molecule has 3 N–H and O–H groups in total. The Balaban J connectivity index is 3.04. The number of hydrogen-bond acceptors (Lipinski definition) is 5. The van der Waals surface area contributed by atoms with E-state index in [1.165, 1.54) is 39.2 Å². The fourth-order valence-electron chi connectivity index (χ4n) is 1.81. The lowest BCUT2D eigenvalue weighted by atomic mass is 10.3. The molecule has 1 aromatic carbocycles. The molecule has 23 heavy (non-hydrogen) atoms. The summed E-state index contributed by atoms with van der Waals surface area (Å²) in [4.78, 5) is 22.7. The number of likely N-dealkylation sites (N-methyl/N-ethyl adjacent to an activating group) is 1. The van der Waals surface area contributed by atoms with Crippen LogP contribution < -0.4 is 20.1 Å². The number of benzene rings is 1. The van der Waals surface area contributed by atoms with E-state index in [4.69, 9.17) is 4.74 Å². The van der Waals surface area contributed by atoms with Crippen LogP contribution in [0.3, 0.4) is 0 Å². The van der Waals surface area contributed by atoms with Crippen LogP contribution in [0.1, 0.15) is 20.8 Å². The highest BCUT2D eigenvalue weighted by molar-refractivity contribution is 7.89.